The van der Waals surface area contributed by atoms with Gasteiger partial charge in [-0.2, -0.15) is 0 Å². The Morgan fingerprint density at radius 3 is 2.49 bits per heavy atom. The Morgan fingerprint density at radius 2 is 1.83 bits per heavy atom. The van der Waals surface area contributed by atoms with Gasteiger partial charge in [0.25, 0.3) is 0 Å². The lowest BCUT2D eigenvalue weighted by molar-refractivity contribution is -0.190. The lowest BCUT2D eigenvalue weighted by atomic mass is 9.52. The van der Waals surface area contributed by atoms with E-state index in [1.54, 1.807) is 25.1 Å². The van der Waals surface area contributed by atoms with Crippen LogP contribution in [0.5, 0.6) is 5.75 Å². The Labute approximate surface area is 236 Å². The van der Waals surface area contributed by atoms with Gasteiger partial charge in [0.2, 0.25) is 5.91 Å². The normalized spacial score (nSPS) is 33.5. The number of primary amides is 1. The first-order valence-corrected chi connectivity index (χ1v) is 14.1. The van der Waals surface area contributed by atoms with E-state index in [2.05, 4.69) is 4.90 Å². The number of hydrogen-bond donors (Lipinski definition) is 4. The molecular formula is C30H35N3O8. The summed E-state index contributed by atoms with van der Waals surface area (Å²) in [7, 11) is 3.24. The summed E-state index contributed by atoms with van der Waals surface area (Å²) in [6.45, 7) is 2.69. The number of nitrogens with zero attached hydrogens (tertiary/aromatic N) is 2. The van der Waals surface area contributed by atoms with Crippen LogP contribution < -0.4 is 5.73 Å². The number of rotatable bonds is 5. The second-order valence-electron chi connectivity index (χ2n) is 12.2. The molecule has 0 spiro atoms. The van der Waals surface area contributed by atoms with E-state index in [1.165, 1.54) is 6.07 Å². The first-order chi connectivity index (χ1) is 19.4. The summed E-state index contributed by atoms with van der Waals surface area (Å²) in [6.07, 6.45) is 1.04. The molecule has 1 amide bonds. The number of amides is 1. The van der Waals surface area contributed by atoms with Crippen molar-refractivity contribution in [1.82, 2.24) is 9.80 Å². The van der Waals surface area contributed by atoms with Gasteiger partial charge < -0.3 is 30.4 Å². The van der Waals surface area contributed by atoms with E-state index >= 15 is 0 Å². The zero-order valence-corrected chi connectivity index (χ0v) is 23.1. The van der Waals surface area contributed by atoms with Crippen molar-refractivity contribution < 1.29 is 38.9 Å². The predicted molar refractivity (Wildman–Crippen MR) is 145 cm³/mol. The highest BCUT2D eigenvalue weighted by molar-refractivity contribution is 6.25. The second-order valence-corrected chi connectivity index (χ2v) is 12.2. The highest BCUT2D eigenvalue weighted by atomic mass is 16.3. The van der Waals surface area contributed by atoms with Crippen LogP contribution in [-0.2, 0) is 27.3 Å². The molecule has 2 saturated carbocycles. The number of Topliss-reactive ketones (excluding diaryl/α,β-unsaturated/α-hetero) is 3. The fraction of sp³-hybridized carbons (Fsp3) is 0.533. The van der Waals surface area contributed by atoms with Crippen LogP contribution >= 0.6 is 0 Å². The van der Waals surface area contributed by atoms with Crippen LogP contribution in [0.4, 0.5) is 0 Å². The number of benzene rings is 1. The Bertz CT molecular complexity index is 1440. The Kier molecular flexibility index (Phi) is 6.68. The third kappa shape index (κ3) is 4.09. The van der Waals surface area contributed by atoms with E-state index in [4.69, 9.17) is 10.2 Å². The standard InChI is InChI=1S/C30H35N3O8/c1-32(2)24-18-12-14-11-17-16(20-8-5-15(41-20)13-33-9-3-4-10-33)6-7-19(34)22(17)25(35)21(14)27(37)30(18,40)28(38)23(26(24)36)29(31)39/h5-8,14,18,21,23-24,26,34,36,40H,3-4,9-13H2,1-2H3,(H2,31,39)/t14-,18-,21?,23?,24-,26?,30-/m1/s1. The van der Waals surface area contributed by atoms with Crippen molar-refractivity contribution in [3.05, 3.63) is 41.2 Å². The van der Waals surface area contributed by atoms with Crippen molar-refractivity contribution in [3.8, 4) is 17.1 Å². The predicted octanol–water partition coefficient (Wildman–Crippen LogP) is 0.515. The maximum atomic E-state index is 14.0. The fourth-order valence-corrected chi connectivity index (χ4v) is 7.82. The Balaban J connectivity index is 1.40. The zero-order valence-electron chi connectivity index (χ0n) is 23.1. The molecule has 3 fully saturated rings. The highest BCUT2D eigenvalue weighted by Crippen LogP contribution is 2.52. The van der Waals surface area contributed by atoms with Crippen molar-refractivity contribution in [2.75, 3.05) is 27.2 Å². The molecule has 7 atom stereocenters. The first kappa shape index (κ1) is 27.8. The van der Waals surface area contributed by atoms with E-state index in [-0.39, 0.29) is 24.2 Å². The van der Waals surface area contributed by atoms with Crippen LogP contribution in [0.2, 0.25) is 0 Å². The van der Waals surface area contributed by atoms with Gasteiger partial charge in [-0.25, -0.2) is 0 Å². The van der Waals surface area contributed by atoms with E-state index in [9.17, 15) is 34.5 Å². The van der Waals surface area contributed by atoms with Crippen LogP contribution in [0.15, 0.2) is 28.7 Å². The van der Waals surface area contributed by atoms with Crippen LogP contribution in [0.3, 0.4) is 0 Å². The number of hydrogen-bond acceptors (Lipinski definition) is 10. The number of aliphatic hydroxyl groups excluding tert-OH is 1. The number of fused-ring (bicyclic) bond motifs is 3. The molecule has 2 heterocycles. The van der Waals surface area contributed by atoms with Crippen LogP contribution in [0.25, 0.3) is 11.3 Å². The largest absolute Gasteiger partial charge is 0.507 e. The molecule has 1 aromatic carbocycles. The lowest BCUT2D eigenvalue weighted by Gasteiger charge is -2.54. The summed E-state index contributed by atoms with van der Waals surface area (Å²) in [5.74, 6) is -7.89. The molecule has 0 bridgehead atoms. The summed E-state index contributed by atoms with van der Waals surface area (Å²) >= 11 is 0. The Hall–Kier alpha value is -3.38. The molecular weight excluding hydrogens is 530 g/mol. The SMILES string of the molecule is CN(C)[C@H]1C(O)C(C(N)=O)C(=O)[C@]2(O)C(=O)C3C(=O)c4c(O)ccc(-c5ccc(CN6CCCC6)o5)c4C[C@@H]3C[C@H]12. The van der Waals surface area contributed by atoms with E-state index in [0.717, 1.165) is 31.7 Å². The number of aromatic hydroxyl groups is 1. The molecule has 3 unspecified atom stereocenters. The van der Waals surface area contributed by atoms with Gasteiger partial charge in [0.1, 0.15) is 23.2 Å². The van der Waals surface area contributed by atoms with Gasteiger partial charge >= 0.3 is 0 Å². The van der Waals surface area contributed by atoms with Crippen molar-refractivity contribution in [3.63, 3.8) is 0 Å². The van der Waals surface area contributed by atoms with Gasteiger partial charge in [-0.3, -0.25) is 24.1 Å². The number of nitrogens with two attached hydrogens (primary N) is 1. The molecule has 218 valence electrons. The number of furan rings is 1. The smallest absolute Gasteiger partial charge is 0.230 e. The number of aliphatic hydroxyl groups is 2. The minimum absolute atomic E-state index is 0.0319. The molecule has 11 nitrogen and oxygen atoms in total. The third-order valence-electron chi connectivity index (χ3n) is 9.68. The highest BCUT2D eigenvalue weighted by Gasteiger charge is 2.69. The van der Waals surface area contributed by atoms with Crippen molar-refractivity contribution in [2.45, 2.75) is 50.0 Å². The first-order valence-electron chi connectivity index (χ1n) is 14.1. The number of carbonyl (C=O) groups excluding carboxylic acids is 4. The molecule has 1 aliphatic heterocycles. The van der Waals surface area contributed by atoms with E-state index < -0.39 is 64.7 Å². The quantitative estimate of drug-likeness (QED) is 0.374. The number of carbonyl (C=O) groups is 4. The summed E-state index contributed by atoms with van der Waals surface area (Å²) in [4.78, 5) is 57.4. The maximum absolute atomic E-state index is 14.0. The number of ketones is 3. The number of phenolic OH excluding ortho intramolecular Hbond substituents is 1. The molecule has 1 aromatic heterocycles. The monoisotopic (exact) mass is 565 g/mol. The molecule has 4 aliphatic rings. The van der Waals surface area contributed by atoms with Gasteiger partial charge in [0.15, 0.2) is 23.0 Å². The van der Waals surface area contributed by atoms with E-state index in [1.807, 2.05) is 12.1 Å². The molecule has 6 rings (SSSR count). The van der Waals surface area contributed by atoms with Gasteiger partial charge in [-0.05, 0) is 88.6 Å². The molecule has 0 radical (unpaired) electrons. The molecule has 5 N–H and O–H groups in total. The summed E-state index contributed by atoms with van der Waals surface area (Å²) < 4.78 is 6.17. The van der Waals surface area contributed by atoms with Gasteiger partial charge in [0.05, 0.1) is 24.1 Å². The number of phenols is 1. The van der Waals surface area contributed by atoms with Gasteiger partial charge in [-0.15, -0.1) is 0 Å². The van der Waals surface area contributed by atoms with Crippen molar-refractivity contribution in [2.24, 2.45) is 29.4 Å². The van der Waals surface area contributed by atoms with Gasteiger partial charge in [-0.1, -0.05) is 0 Å². The van der Waals surface area contributed by atoms with Crippen LogP contribution in [0.1, 0.15) is 40.9 Å². The van der Waals surface area contributed by atoms with Crippen molar-refractivity contribution in [1.29, 1.82) is 0 Å². The summed E-state index contributed by atoms with van der Waals surface area (Å²) in [6, 6.07) is 5.86. The average molecular weight is 566 g/mol. The van der Waals surface area contributed by atoms with Crippen LogP contribution in [-0.4, -0.2) is 93.3 Å². The lowest BCUT2D eigenvalue weighted by Crippen LogP contribution is -2.75. The minimum atomic E-state index is -2.68. The molecule has 1 saturated heterocycles. The third-order valence-corrected chi connectivity index (χ3v) is 9.68. The molecule has 2 aromatic rings. The molecule has 11 heteroatoms. The molecule has 41 heavy (non-hydrogen) atoms. The Morgan fingerprint density at radius 1 is 1.12 bits per heavy atom. The van der Waals surface area contributed by atoms with Crippen LogP contribution in [0, 0.1) is 23.7 Å². The number of likely N-dealkylation sites (N-methyl/N-ethyl adjacent to an activating group) is 1. The topological polar surface area (TPSA) is 175 Å². The fourth-order valence-electron chi connectivity index (χ4n) is 7.82. The zero-order chi connectivity index (χ0) is 29.4. The van der Waals surface area contributed by atoms with E-state index in [0.29, 0.717) is 23.4 Å². The second kappa shape index (κ2) is 9.87. The maximum Gasteiger partial charge on any atom is 0.230 e. The average Bonchev–Trinajstić information content (AvgIpc) is 3.59. The number of likely N-dealkylation sites (tertiary alicyclic amines) is 1. The molecule has 3 aliphatic carbocycles. The summed E-state index contributed by atoms with van der Waals surface area (Å²) in [5, 5.41) is 33.5. The summed E-state index contributed by atoms with van der Waals surface area (Å²) in [5.41, 5.74) is 3.88. The minimum Gasteiger partial charge on any atom is -0.507 e. The van der Waals surface area contributed by atoms with Gasteiger partial charge in [0, 0.05) is 17.5 Å². The van der Waals surface area contributed by atoms with Crippen molar-refractivity contribution >= 4 is 23.3 Å².